The Balaban J connectivity index is 1.21. The van der Waals surface area contributed by atoms with Crippen LogP contribution in [0.3, 0.4) is 0 Å². The predicted octanol–water partition coefficient (Wildman–Crippen LogP) is 3.72. The van der Waals surface area contributed by atoms with Crippen molar-refractivity contribution in [2.75, 3.05) is 34.4 Å². The summed E-state index contributed by atoms with van der Waals surface area (Å²) in [7, 11) is 1.04. The maximum absolute atomic E-state index is 14.2. The molecule has 2 aliphatic heterocycles. The first-order chi connectivity index (χ1) is 24.9. The minimum Gasteiger partial charge on any atom is -0.497 e. The summed E-state index contributed by atoms with van der Waals surface area (Å²) in [4.78, 5) is 54.5. The summed E-state index contributed by atoms with van der Waals surface area (Å²) < 4.78 is 45.3. The lowest BCUT2D eigenvalue weighted by Crippen LogP contribution is -2.57. The minimum atomic E-state index is -3.85. The Morgan fingerprint density at radius 1 is 1.04 bits per heavy atom. The van der Waals surface area contributed by atoms with E-state index in [-0.39, 0.29) is 37.2 Å². The molecule has 2 aromatic carbocycles. The van der Waals surface area contributed by atoms with Gasteiger partial charge in [0.15, 0.2) is 5.82 Å². The molecule has 1 saturated heterocycles. The van der Waals surface area contributed by atoms with E-state index in [0.29, 0.717) is 47.6 Å². The first-order valence-electron chi connectivity index (χ1n) is 17.7. The maximum Gasteiger partial charge on any atom is 0.320 e. The number of ether oxygens (including phenoxy) is 3. The molecule has 52 heavy (non-hydrogen) atoms. The average molecular weight is 733 g/mol. The summed E-state index contributed by atoms with van der Waals surface area (Å²) in [5, 5.41) is 2.94. The molecule has 0 spiro atoms. The summed E-state index contributed by atoms with van der Waals surface area (Å²) in [6.07, 6.45) is 6.85. The van der Waals surface area contributed by atoms with Crippen molar-refractivity contribution in [1.29, 1.82) is 0 Å². The summed E-state index contributed by atoms with van der Waals surface area (Å²) in [5.74, 6) is 0.351. The van der Waals surface area contributed by atoms with Gasteiger partial charge in [-0.05, 0) is 81.8 Å². The standard InChI is InChI=1S/C37H44N6O8S/c1-22-30(50-4)17-16-28-31(22)38-32(23-10-12-25(49-3)13-11-23)39-34(28)51-26-19-29-33(44)40-37(35(45)41-52(47,48)27-14-15-27)20-24(37)9-7-5-6-8-18-42(2)36(46)43(29)21-26/h7,9-13,16-17,24,26-27,29H,5-6,8,14-15,18-21H2,1-4H3,(H,40,44)(H,41,45)/b9-7-/t24-,26+,29?,37+/m0/s1. The number of amides is 4. The Morgan fingerprint density at radius 3 is 2.52 bits per heavy atom. The van der Waals surface area contributed by atoms with E-state index >= 15 is 0 Å². The third-order valence-corrected chi connectivity index (χ3v) is 12.3. The van der Waals surface area contributed by atoms with E-state index in [9.17, 15) is 22.8 Å². The third kappa shape index (κ3) is 6.85. The Labute approximate surface area is 302 Å². The molecular formula is C37H44N6O8S. The molecule has 2 aliphatic carbocycles. The van der Waals surface area contributed by atoms with Gasteiger partial charge in [-0.15, -0.1) is 0 Å². The molecule has 14 nitrogen and oxygen atoms in total. The van der Waals surface area contributed by atoms with Crippen LogP contribution in [-0.4, -0.2) is 103 Å². The van der Waals surface area contributed by atoms with Crippen LogP contribution in [-0.2, 0) is 19.6 Å². The molecular weight excluding hydrogens is 689 g/mol. The Bertz CT molecular complexity index is 2040. The van der Waals surface area contributed by atoms with Crippen LogP contribution in [0.15, 0.2) is 48.6 Å². The molecule has 3 heterocycles. The van der Waals surface area contributed by atoms with Crippen LogP contribution in [0.2, 0.25) is 0 Å². The largest absolute Gasteiger partial charge is 0.497 e. The van der Waals surface area contributed by atoms with E-state index in [0.717, 1.165) is 30.4 Å². The first kappa shape index (κ1) is 35.5. The van der Waals surface area contributed by atoms with Crippen molar-refractivity contribution in [1.82, 2.24) is 29.8 Å². The highest BCUT2D eigenvalue weighted by Crippen LogP contribution is 2.46. The molecule has 2 N–H and O–H groups in total. The number of hydrogen-bond donors (Lipinski definition) is 2. The predicted molar refractivity (Wildman–Crippen MR) is 192 cm³/mol. The fourth-order valence-corrected chi connectivity index (χ4v) is 8.48. The van der Waals surface area contributed by atoms with Gasteiger partial charge in [-0.3, -0.25) is 14.3 Å². The number of benzene rings is 2. The van der Waals surface area contributed by atoms with Crippen LogP contribution in [0.1, 0.15) is 50.5 Å². The molecule has 4 atom stereocenters. The van der Waals surface area contributed by atoms with Crippen molar-refractivity contribution in [2.45, 2.75) is 74.8 Å². The molecule has 3 aromatic rings. The van der Waals surface area contributed by atoms with E-state index in [1.165, 1.54) is 4.90 Å². The van der Waals surface area contributed by atoms with Crippen molar-refractivity contribution in [3.05, 3.63) is 54.1 Å². The van der Waals surface area contributed by atoms with Gasteiger partial charge in [0.25, 0.3) is 5.91 Å². The maximum atomic E-state index is 14.2. The number of carbonyl (C=O) groups excluding carboxylic acids is 3. The topological polar surface area (TPSA) is 169 Å². The number of rotatable bonds is 8. The van der Waals surface area contributed by atoms with Gasteiger partial charge < -0.3 is 29.3 Å². The molecule has 2 saturated carbocycles. The number of fused-ring (bicyclic) bond motifs is 3. The monoisotopic (exact) mass is 732 g/mol. The number of sulfonamides is 1. The van der Waals surface area contributed by atoms with Crippen LogP contribution < -0.4 is 24.2 Å². The van der Waals surface area contributed by atoms with Gasteiger partial charge in [0.1, 0.15) is 29.2 Å². The van der Waals surface area contributed by atoms with Gasteiger partial charge in [0.05, 0.1) is 36.9 Å². The Morgan fingerprint density at radius 2 is 1.81 bits per heavy atom. The molecule has 3 fully saturated rings. The van der Waals surface area contributed by atoms with Crippen molar-refractivity contribution in [3.8, 4) is 28.8 Å². The fourth-order valence-electron chi connectivity index (χ4n) is 7.12. The minimum absolute atomic E-state index is 0.0817. The van der Waals surface area contributed by atoms with E-state index in [1.54, 1.807) is 26.2 Å². The number of nitrogens with zero attached hydrogens (tertiary/aromatic N) is 4. The van der Waals surface area contributed by atoms with Crippen LogP contribution in [0.5, 0.6) is 17.4 Å². The number of hydrogen-bond acceptors (Lipinski definition) is 10. The molecule has 4 amide bonds. The fraction of sp³-hybridized carbons (Fsp3) is 0.486. The number of aryl methyl sites for hydroxylation is 1. The van der Waals surface area contributed by atoms with Crippen molar-refractivity contribution < 1.29 is 37.0 Å². The van der Waals surface area contributed by atoms with Gasteiger partial charge in [0, 0.05) is 37.1 Å². The summed E-state index contributed by atoms with van der Waals surface area (Å²) in [5.41, 5.74) is 0.713. The van der Waals surface area contributed by atoms with E-state index < -0.39 is 44.8 Å². The number of methoxy groups -OCH3 is 2. The SMILES string of the molecule is COc1ccc(-c2nc(O[C@@H]3CC4C(=O)N[C@]5(C(=O)NS(=O)(=O)C6CC6)C[C@@H]5/C=C\CCCCN(C)C(=O)N4C3)c3ccc(OC)c(C)c3n2)cc1. The average Bonchev–Trinajstić information content (AvgIpc) is 4.06. The second-order valence-corrected chi connectivity index (χ2v) is 16.0. The number of urea groups is 1. The van der Waals surface area contributed by atoms with Crippen molar-refractivity contribution in [2.24, 2.45) is 5.92 Å². The first-order valence-corrected chi connectivity index (χ1v) is 19.2. The van der Waals surface area contributed by atoms with Gasteiger partial charge >= 0.3 is 6.03 Å². The second-order valence-electron chi connectivity index (χ2n) is 14.1. The van der Waals surface area contributed by atoms with Gasteiger partial charge in [-0.2, -0.15) is 4.98 Å². The molecule has 0 radical (unpaired) electrons. The quantitative estimate of drug-likeness (QED) is 0.326. The van der Waals surface area contributed by atoms with Crippen molar-refractivity contribution >= 4 is 38.8 Å². The van der Waals surface area contributed by atoms with Crippen molar-refractivity contribution in [3.63, 3.8) is 0 Å². The van der Waals surface area contributed by atoms with E-state index in [4.69, 9.17) is 24.2 Å². The lowest BCUT2D eigenvalue weighted by Gasteiger charge is -2.30. The molecule has 7 rings (SSSR count). The zero-order valence-electron chi connectivity index (χ0n) is 29.8. The summed E-state index contributed by atoms with van der Waals surface area (Å²) in [6, 6.07) is 9.65. The molecule has 0 bridgehead atoms. The smallest absolute Gasteiger partial charge is 0.320 e. The highest BCUT2D eigenvalue weighted by atomic mass is 32.2. The second kappa shape index (κ2) is 13.9. The lowest BCUT2D eigenvalue weighted by atomic mass is 10.1. The molecule has 1 aromatic heterocycles. The molecule has 1 unspecified atom stereocenters. The molecule has 4 aliphatic rings. The van der Waals surface area contributed by atoms with Gasteiger partial charge in [-0.1, -0.05) is 12.2 Å². The zero-order chi connectivity index (χ0) is 36.8. The van der Waals surface area contributed by atoms with Crippen LogP contribution in [0.4, 0.5) is 4.79 Å². The van der Waals surface area contributed by atoms with E-state index in [1.807, 2.05) is 55.5 Å². The van der Waals surface area contributed by atoms with Crippen LogP contribution in [0, 0.1) is 12.8 Å². The molecule has 15 heteroatoms. The highest BCUT2D eigenvalue weighted by molar-refractivity contribution is 7.91. The number of allylic oxidation sites excluding steroid dienone is 1. The van der Waals surface area contributed by atoms with Crippen LogP contribution >= 0.6 is 0 Å². The Kier molecular flexibility index (Phi) is 9.48. The number of aromatic nitrogens is 2. The lowest BCUT2D eigenvalue weighted by molar-refractivity contribution is -0.131. The van der Waals surface area contributed by atoms with Gasteiger partial charge in [0.2, 0.25) is 21.8 Å². The number of nitrogens with one attached hydrogen (secondary N) is 2. The highest BCUT2D eigenvalue weighted by Gasteiger charge is 2.62. The summed E-state index contributed by atoms with van der Waals surface area (Å²) >= 11 is 0. The van der Waals surface area contributed by atoms with Crippen LogP contribution in [0.25, 0.3) is 22.3 Å². The zero-order valence-corrected chi connectivity index (χ0v) is 30.6. The Hall–Kier alpha value is -4.92. The third-order valence-electron chi connectivity index (χ3n) is 10.5. The normalized spacial score (nSPS) is 25.7. The van der Waals surface area contributed by atoms with E-state index in [2.05, 4.69) is 10.0 Å². The van der Waals surface area contributed by atoms with Gasteiger partial charge in [-0.25, -0.2) is 18.2 Å². The number of carbonyl (C=O) groups is 3. The molecule has 276 valence electrons. The summed E-state index contributed by atoms with van der Waals surface area (Å²) in [6.45, 7) is 2.49.